The molecule has 2 atom stereocenters. The summed E-state index contributed by atoms with van der Waals surface area (Å²) in [4.78, 5) is 12.2. The Hall–Kier alpha value is -2.42. The average molecular weight is 424 g/mol. The average Bonchev–Trinajstić information content (AvgIpc) is 3.10. The second kappa shape index (κ2) is 8.94. The first-order valence-corrected chi connectivity index (χ1v) is 11.2. The van der Waals surface area contributed by atoms with E-state index in [9.17, 15) is 13.2 Å². The van der Waals surface area contributed by atoms with Crippen LogP contribution < -0.4 is 5.32 Å². The molecule has 1 aromatic carbocycles. The van der Waals surface area contributed by atoms with Gasteiger partial charge in [0.2, 0.25) is 15.7 Å². The highest BCUT2D eigenvalue weighted by Gasteiger charge is 2.31. The van der Waals surface area contributed by atoms with Crippen LogP contribution in [0.4, 0.5) is 4.79 Å². The minimum Gasteiger partial charge on any atom is -0.444 e. The zero-order valence-electron chi connectivity index (χ0n) is 17.7. The van der Waals surface area contributed by atoms with Crippen molar-refractivity contribution in [3.63, 3.8) is 0 Å². The molecule has 1 N–H and O–H groups in total. The van der Waals surface area contributed by atoms with Gasteiger partial charge in [-0.25, -0.2) is 13.2 Å². The topological polar surface area (TPSA) is 111 Å². The summed E-state index contributed by atoms with van der Waals surface area (Å²) in [7, 11) is -3.81. The summed E-state index contributed by atoms with van der Waals surface area (Å²) in [5.41, 5.74) is 0.998. The van der Waals surface area contributed by atoms with Gasteiger partial charge >= 0.3 is 11.3 Å². The van der Waals surface area contributed by atoms with E-state index >= 15 is 0 Å². The van der Waals surface area contributed by atoms with E-state index in [1.165, 1.54) is 0 Å². The second-order valence-corrected chi connectivity index (χ2v) is 10.0. The van der Waals surface area contributed by atoms with Gasteiger partial charge in [-0.3, -0.25) is 0 Å². The molecule has 0 spiro atoms. The molecule has 29 heavy (non-hydrogen) atoms. The van der Waals surface area contributed by atoms with E-state index in [-0.39, 0.29) is 17.6 Å². The van der Waals surface area contributed by atoms with Crippen LogP contribution in [-0.2, 0) is 20.3 Å². The number of rotatable bonds is 7. The van der Waals surface area contributed by atoms with Gasteiger partial charge in [0.05, 0.1) is 5.75 Å². The second-order valence-electron chi connectivity index (χ2n) is 8.16. The van der Waals surface area contributed by atoms with Crippen LogP contribution in [0.15, 0.2) is 33.9 Å². The van der Waals surface area contributed by atoms with Crippen LogP contribution in [0.1, 0.15) is 64.1 Å². The summed E-state index contributed by atoms with van der Waals surface area (Å²) >= 11 is 0. The molecule has 0 fully saturated rings. The molecule has 0 aliphatic heterocycles. The molecule has 1 aromatic heterocycles. The highest BCUT2D eigenvalue weighted by Crippen LogP contribution is 2.26. The number of hydrogen-bond donors (Lipinski definition) is 1. The largest absolute Gasteiger partial charge is 0.444 e. The van der Waals surface area contributed by atoms with Gasteiger partial charge in [-0.05, 0) is 39.2 Å². The van der Waals surface area contributed by atoms with Gasteiger partial charge in [-0.1, -0.05) is 55.2 Å². The van der Waals surface area contributed by atoms with E-state index < -0.39 is 32.8 Å². The number of hydrogen-bond acceptors (Lipinski definition) is 7. The Balaban J connectivity index is 2.22. The molecule has 160 valence electrons. The number of aryl methyl sites for hydroxylation is 1. The lowest BCUT2D eigenvalue weighted by Crippen LogP contribution is -2.37. The van der Waals surface area contributed by atoms with E-state index in [0.717, 1.165) is 5.56 Å². The maximum Gasteiger partial charge on any atom is 0.408 e. The number of sulfone groups is 1. The van der Waals surface area contributed by atoms with Gasteiger partial charge in [0.15, 0.2) is 0 Å². The third-order valence-electron chi connectivity index (χ3n) is 4.32. The summed E-state index contributed by atoms with van der Waals surface area (Å²) in [6, 6.07) is 6.51. The maximum atomic E-state index is 12.7. The molecule has 8 nitrogen and oxygen atoms in total. The fraction of sp³-hybridized carbons (Fsp3) is 0.550. The quantitative estimate of drug-likeness (QED) is 0.717. The lowest BCUT2D eigenvalue weighted by molar-refractivity contribution is 0.0473. The highest BCUT2D eigenvalue weighted by molar-refractivity contribution is 7.90. The van der Waals surface area contributed by atoms with Crippen LogP contribution in [0.2, 0.25) is 0 Å². The van der Waals surface area contributed by atoms with E-state index in [4.69, 9.17) is 9.15 Å². The summed E-state index contributed by atoms with van der Waals surface area (Å²) < 4.78 is 36.1. The Morgan fingerprint density at radius 2 is 1.83 bits per heavy atom. The number of nitrogens with zero attached hydrogens (tertiary/aromatic N) is 2. The van der Waals surface area contributed by atoms with Gasteiger partial charge in [0.25, 0.3) is 0 Å². The summed E-state index contributed by atoms with van der Waals surface area (Å²) in [5, 5.41) is 9.86. The standard InChI is InChI=1S/C20H29N3O5S/c1-7-14(3)16(21-18(24)28-20(4,5)6)17-22-23-19(27-17)29(25,26)12-15-10-8-13(2)9-11-15/h8-11,14,16H,7,12H2,1-6H3,(H,21,24)/t14?,16-/m1/s1. The number of carbonyl (C=O) groups excluding carboxylic acids is 1. The SMILES string of the molecule is CCC(C)[C@@H](NC(=O)OC(C)(C)C)c1nnc(S(=O)(=O)Cc2ccc(C)cc2)o1. The van der Waals surface area contributed by atoms with E-state index in [2.05, 4.69) is 15.5 Å². The maximum absolute atomic E-state index is 12.7. The van der Waals surface area contributed by atoms with Gasteiger partial charge in [0.1, 0.15) is 11.6 Å². The van der Waals surface area contributed by atoms with Crippen LogP contribution in [0.3, 0.4) is 0 Å². The van der Waals surface area contributed by atoms with Crippen molar-refractivity contribution in [2.75, 3.05) is 0 Å². The zero-order valence-corrected chi connectivity index (χ0v) is 18.5. The van der Waals surface area contributed by atoms with E-state index in [1.807, 2.05) is 32.9 Å². The van der Waals surface area contributed by atoms with Crippen LogP contribution in [0.5, 0.6) is 0 Å². The molecule has 1 unspecified atom stereocenters. The normalized spacial score (nSPS) is 14.3. The molecule has 0 bridgehead atoms. The van der Waals surface area contributed by atoms with Gasteiger partial charge in [-0.2, -0.15) is 0 Å². The Morgan fingerprint density at radius 3 is 2.38 bits per heavy atom. The first-order chi connectivity index (χ1) is 13.4. The lowest BCUT2D eigenvalue weighted by atomic mass is 9.99. The fourth-order valence-corrected chi connectivity index (χ4v) is 3.69. The van der Waals surface area contributed by atoms with Crippen molar-refractivity contribution in [2.45, 2.75) is 70.6 Å². The monoisotopic (exact) mass is 423 g/mol. The Labute approximate surface area is 172 Å². The zero-order chi connectivity index (χ0) is 21.8. The number of aromatic nitrogens is 2. The van der Waals surface area contributed by atoms with Gasteiger partial charge < -0.3 is 14.5 Å². The number of benzene rings is 1. The van der Waals surface area contributed by atoms with Crippen LogP contribution >= 0.6 is 0 Å². The Bertz CT molecular complexity index is 930. The lowest BCUT2D eigenvalue weighted by Gasteiger charge is -2.24. The number of amides is 1. The molecule has 0 saturated carbocycles. The molecular weight excluding hydrogens is 394 g/mol. The summed E-state index contributed by atoms with van der Waals surface area (Å²) in [6.45, 7) is 11.0. The number of nitrogens with one attached hydrogen (secondary N) is 1. The number of alkyl carbamates (subject to hydrolysis) is 1. The predicted molar refractivity (Wildman–Crippen MR) is 108 cm³/mol. The molecule has 1 amide bonds. The number of ether oxygens (including phenoxy) is 1. The third kappa shape index (κ3) is 6.56. The van der Waals surface area contributed by atoms with E-state index in [1.54, 1.807) is 32.9 Å². The molecule has 1 heterocycles. The molecule has 2 aromatic rings. The minimum atomic E-state index is -3.81. The molecule has 0 radical (unpaired) electrons. The Kier molecular flexibility index (Phi) is 7.05. The van der Waals surface area contributed by atoms with Crippen molar-refractivity contribution >= 4 is 15.9 Å². The smallest absolute Gasteiger partial charge is 0.408 e. The van der Waals surface area contributed by atoms with Gasteiger partial charge in [-0.15, -0.1) is 5.10 Å². The third-order valence-corrected chi connectivity index (χ3v) is 5.73. The molecule has 2 rings (SSSR count). The van der Waals surface area contributed by atoms with Crippen molar-refractivity contribution in [3.8, 4) is 0 Å². The Morgan fingerprint density at radius 1 is 1.21 bits per heavy atom. The summed E-state index contributed by atoms with van der Waals surface area (Å²) in [6.07, 6.45) is 0.0685. The molecule has 0 saturated heterocycles. The highest BCUT2D eigenvalue weighted by atomic mass is 32.2. The predicted octanol–water partition coefficient (Wildman–Crippen LogP) is 3.96. The van der Waals surface area contributed by atoms with Crippen molar-refractivity contribution < 1.29 is 22.4 Å². The fourth-order valence-electron chi connectivity index (χ4n) is 2.55. The minimum absolute atomic E-state index is 0.0349. The summed E-state index contributed by atoms with van der Waals surface area (Å²) in [5.74, 6) is -0.286. The molecule has 0 aliphatic rings. The number of carbonyl (C=O) groups is 1. The van der Waals surface area contributed by atoms with Crippen molar-refractivity contribution in [1.29, 1.82) is 0 Å². The van der Waals surface area contributed by atoms with Crippen LogP contribution in [0, 0.1) is 12.8 Å². The first-order valence-electron chi connectivity index (χ1n) is 9.52. The van der Waals surface area contributed by atoms with Crippen LogP contribution in [0.25, 0.3) is 0 Å². The molecular formula is C20H29N3O5S. The first kappa shape index (κ1) is 22.9. The molecule has 0 aliphatic carbocycles. The van der Waals surface area contributed by atoms with Crippen molar-refractivity contribution in [1.82, 2.24) is 15.5 Å². The molecule has 9 heteroatoms. The van der Waals surface area contributed by atoms with Crippen LogP contribution in [-0.4, -0.2) is 30.3 Å². The van der Waals surface area contributed by atoms with E-state index in [0.29, 0.717) is 12.0 Å². The van der Waals surface area contributed by atoms with Crippen molar-refractivity contribution in [2.24, 2.45) is 5.92 Å². The van der Waals surface area contributed by atoms with Gasteiger partial charge in [0, 0.05) is 0 Å². The van der Waals surface area contributed by atoms with Crippen molar-refractivity contribution in [3.05, 3.63) is 41.3 Å².